The standard InChI is InChI=1S/C16H31N3O3/c1-2-17-16(19-9-6-14-5-3-10-21-14)18-8-4-11-22-15-7-12-20-13-15/h14-15H,2-13H2,1H3,(H2,17,18,19). The van der Waals surface area contributed by atoms with Crippen LogP contribution in [0.5, 0.6) is 0 Å². The van der Waals surface area contributed by atoms with E-state index in [9.17, 15) is 0 Å². The third-order valence-corrected chi connectivity index (χ3v) is 3.94. The van der Waals surface area contributed by atoms with Gasteiger partial charge in [0.05, 0.1) is 18.8 Å². The fraction of sp³-hybridized carbons (Fsp3) is 0.938. The van der Waals surface area contributed by atoms with Crippen molar-refractivity contribution in [1.29, 1.82) is 0 Å². The van der Waals surface area contributed by atoms with E-state index in [0.717, 1.165) is 71.3 Å². The molecular formula is C16H31N3O3. The molecule has 2 atom stereocenters. The fourth-order valence-electron chi connectivity index (χ4n) is 2.72. The molecule has 2 heterocycles. The normalized spacial score (nSPS) is 25.6. The Kier molecular flexibility index (Phi) is 8.60. The van der Waals surface area contributed by atoms with E-state index in [1.54, 1.807) is 0 Å². The molecule has 2 N–H and O–H groups in total. The molecule has 0 radical (unpaired) electrons. The average Bonchev–Trinajstić information content (AvgIpc) is 3.20. The largest absolute Gasteiger partial charge is 0.379 e. The predicted molar refractivity (Wildman–Crippen MR) is 87.4 cm³/mol. The molecule has 2 saturated heterocycles. The summed E-state index contributed by atoms with van der Waals surface area (Å²) in [5, 5.41) is 6.65. The molecule has 0 spiro atoms. The summed E-state index contributed by atoms with van der Waals surface area (Å²) in [6, 6.07) is 0. The van der Waals surface area contributed by atoms with Gasteiger partial charge < -0.3 is 24.8 Å². The van der Waals surface area contributed by atoms with Crippen LogP contribution in [0.4, 0.5) is 0 Å². The van der Waals surface area contributed by atoms with Gasteiger partial charge in [0.2, 0.25) is 0 Å². The topological polar surface area (TPSA) is 64.1 Å². The Bertz CT molecular complexity index is 314. The smallest absolute Gasteiger partial charge is 0.191 e. The number of rotatable bonds is 9. The number of hydrogen-bond donors (Lipinski definition) is 2. The van der Waals surface area contributed by atoms with Gasteiger partial charge in [-0.2, -0.15) is 0 Å². The van der Waals surface area contributed by atoms with Crippen LogP contribution in [0.2, 0.25) is 0 Å². The Morgan fingerprint density at radius 2 is 2.23 bits per heavy atom. The van der Waals surface area contributed by atoms with Crippen molar-refractivity contribution in [2.24, 2.45) is 4.99 Å². The van der Waals surface area contributed by atoms with E-state index in [1.807, 2.05) is 0 Å². The van der Waals surface area contributed by atoms with Crippen molar-refractivity contribution in [3.63, 3.8) is 0 Å². The third-order valence-electron chi connectivity index (χ3n) is 3.94. The molecule has 2 rings (SSSR count). The lowest BCUT2D eigenvalue weighted by Crippen LogP contribution is -2.38. The molecule has 0 aromatic carbocycles. The van der Waals surface area contributed by atoms with Gasteiger partial charge in [-0.25, -0.2) is 0 Å². The minimum Gasteiger partial charge on any atom is -0.379 e. The van der Waals surface area contributed by atoms with Crippen molar-refractivity contribution in [3.05, 3.63) is 0 Å². The van der Waals surface area contributed by atoms with Crippen molar-refractivity contribution in [2.45, 2.75) is 51.2 Å². The molecular weight excluding hydrogens is 282 g/mol. The number of ether oxygens (including phenoxy) is 3. The zero-order chi connectivity index (χ0) is 15.5. The molecule has 0 bridgehead atoms. The second kappa shape index (κ2) is 10.8. The second-order valence-electron chi connectivity index (χ2n) is 5.82. The molecule has 0 saturated carbocycles. The zero-order valence-electron chi connectivity index (χ0n) is 13.8. The minimum atomic E-state index is 0.293. The van der Waals surface area contributed by atoms with Crippen LogP contribution >= 0.6 is 0 Å². The summed E-state index contributed by atoms with van der Waals surface area (Å²) in [4.78, 5) is 4.58. The highest BCUT2D eigenvalue weighted by atomic mass is 16.5. The first kappa shape index (κ1) is 17.5. The highest BCUT2D eigenvalue weighted by molar-refractivity contribution is 5.79. The Labute approximate surface area is 134 Å². The lowest BCUT2D eigenvalue weighted by atomic mass is 10.2. The molecule has 2 fully saturated rings. The molecule has 0 aromatic heterocycles. The molecule has 0 aromatic rings. The van der Waals surface area contributed by atoms with Gasteiger partial charge in [-0.15, -0.1) is 0 Å². The number of nitrogens with one attached hydrogen (secondary N) is 2. The van der Waals surface area contributed by atoms with Crippen molar-refractivity contribution < 1.29 is 14.2 Å². The van der Waals surface area contributed by atoms with Crippen LogP contribution in [0.15, 0.2) is 4.99 Å². The first-order valence-electron chi connectivity index (χ1n) is 8.71. The number of aliphatic imine (C=N–C) groups is 1. The van der Waals surface area contributed by atoms with Crippen molar-refractivity contribution in [3.8, 4) is 0 Å². The summed E-state index contributed by atoms with van der Waals surface area (Å²) >= 11 is 0. The van der Waals surface area contributed by atoms with Crippen LogP contribution in [0.25, 0.3) is 0 Å². The maximum Gasteiger partial charge on any atom is 0.191 e. The SMILES string of the molecule is CCNC(=NCCCOC1CCOC1)NCCC1CCCO1. The minimum absolute atomic E-state index is 0.293. The molecule has 6 heteroatoms. The van der Waals surface area contributed by atoms with E-state index >= 15 is 0 Å². The molecule has 2 aliphatic heterocycles. The summed E-state index contributed by atoms with van der Waals surface area (Å²) in [6.45, 7) is 7.91. The van der Waals surface area contributed by atoms with E-state index in [4.69, 9.17) is 14.2 Å². The molecule has 0 amide bonds. The van der Waals surface area contributed by atoms with Crippen LogP contribution in [0, 0.1) is 0 Å². The number of hydrogen-bond acceptors (Lipinski definition) is 4. The van der Waals surface area contributed by atoms with Crippen LogP contribution in [0.1, 0.15) is 39.0 Å². The first-order chi connectivity index (χ1) is 10.9. The quantitative estimate of drug-likeness (QED) is 0.382. The van der Waals surface area contributed by atoms with Crippen LogP contribution < -0.4 is 10.6 Å². The Balaban J connectivity index is 1.54. The predicted octanol–water partition coefficient (Wildman–Crippen LogP) is 1.31. The van der Waals surface area contributed by atoms with Crippen molar-refractivity contribution in [2.75, 3.05) is 46.1 Å². The van der Waals surface area contributed by atoms with E-state index in [2.05, 4.69) is 22.5 Å². The van der Waals surface area contributed by atoms with E-state index in [-0.39, 0.29) is 0 Å². The maximum absolute atomic E-state index is 5.74. The van der Waals surface area contributed by atoms with Gasteiger partial charge in [0.25, 0.3) is 0 Å². The van der Waals surface area contributed by atoms with Gasteiger partial charge in [-0.1, -0.05) is 0 Å². The van der Waals surface area contributed by atoms with Gasteiger partial charge >= 0.3 is 0 Å². The highest BCUT2D eigenvalue weighted by Gasteiger charge is 2.15. The van der Waals surface area contributed by atoms with E-state index in [1.165, 1.54) is 12.8 Å². The summed E-state index contributed by atoms with van der Waals surface area (Å²) < 4.78 is 16.7. The van der Waals surface area contributed by atoms with Gasteiger partial charge in [0.15, 0.2) is 5.96 Å². The second-order valence-corrected chi connectivity index (χ2v) is 5.82. The average molecular weight is 313 g/mol. The molecule has 128 valence electrons. The lowest BCUT2D eigenvalue weighted by Gasteiger charge is -2.14. The molecule has 6 nitrogen and oxygen atoms in total. The van der Waals surface area contributed by atoms with Crippen LogP contribution in [-0.2, 0) is 14.2 Å². The van der Waals surface area contributed by atoms with Crippen molar-refractivity contribution >= 4 is 5.96 Å². The molecule has 0 aliphatic carbocycles. The van der Waals surface area contributed by atoms with E-state index in [0.29, 0.717) is 12.2 Å². The Morgan fingerprint density at radius 3 is 2.95 bits per heavy atom. The number of guanidine groups is 1. The lowest BCUT2D eigenvalue weighted by molar-refractivity contribution is 0.0424. The monoisotopic (exact) mass is 313 g/mol. The third kappa shape index (κ3) is 6.94. The zero-order valence-corrected chi connectivity index (χ0v) is 13.8. The highest BCUT2D eigenvalue weighted by Crippen LogP contribution is 2.14. The van der Waals surface area contributed by atoms with Gasteiger partial charge in [0, 0.05) is 39.5 Å². The van der Waals surface area contributed by atoms with Crippen LogP contribution in [-0.4, -0.2) is 64.2 Å². The Hall–Kier alpha value is -0.850. The fourth-order valence-corrected chi connectivity index (χ4v) is 2.72. The summed E-state index contributed by atoms with van der Waals surface area (Å²) in [5.74, 6) is 0.893. The van der Waals surface area contributed by atoms with E-state index < -0.39 is 0 Å². The summed E-state index contributed by atoms with van der Waals surface area (Å²) in [5.41, 5.74) is 0. The molecule has 2 unspecified atom stereocenters. The number of nitrogens with zero attached hydrogens (tertiary/aromatic N) is 1. The maximum atomic E-state index is 5.74. The molecule has 2 aliphatic rings. The van der Waals surface area contributed by atoms with Gasteiger partial charge in [-0.3, -0.25) is 4.99 Å². The van der Waals surface area contributed by atoms with Crippen molar-refractivity contribution in [1.82, 2.24) is 10.6 Å². The Morgan fingerprint density at radius 1 is 1.27 bits per heavy atom. The first-order valence-corrected chi connectivity index (χ1v) is 8.71. The van der Waals surface area contributed by atoms with Gasteiger partial charge in [0.1, 0.15) is 0 Å². The summed E-state index contributed by atoms with van der Waals surface area (Å²) in [6.07, 6.45) is 6.13. The van der Waals surface area contributed by atoms with Gasteiger partial charge in [-0.05, 0) is 39.0 Å². The molecule has 22 heavy (non-hydrogen) atoms. The summed E-state index contributed by atoms with van der Waals surface area (Å²) in [7, 11) is 0. The van der Waals surface area contributed by atoms with Crippen LogP contribution in [0.3, 0.4) is 0 Å².